The number of hydrogen-bond donors (Lipinski definition) is 0. The number of ether oxygens (including phenoxy) is 1. The number of esters is 1. The third kappa shape index (κ3) is 2.28. The van der Waals surface area contributed by atoms with Gasteiger partial charge < -0.3 is 4.74 Å². The topological polar surface area (TPSA) is 52.1 Å². The minimum absolute atomic E-state index is 0.280. The van der Waals surface area contributed by atoms with E-state index in [9.17, 15) is 4.79 Å². The standard InChI is InChI=1S/C11H10N2O2/c1-8(14)15-7-9-2-3-10-11(6-9)13-5-4-12-10/h2-6H,7H2,1H3. The van der Waals surface area contributed by atoms with Gasteiger partial charge in [-0.05, 0) is 17.7 Å². The van der Waals surface area contributed by atoms with Crippen LogP contribution in [0.3, 0.4) is 0 Å². The predicted octanol–water partition coefficient (Wildman–Crippen LogP) is 1.69. The van der Waals surface area contributed by atoms with Gasteiger partial charge >= 0.3 is 5.97 Å². The summed E-state index contributed by atoms with van der Waals surface area (Å²) < 4.78 is 4.89. The molecule has 1 heterocycles. The van der Waals surface area contributed by atoms with Crippen LogP contribution in [0.4, 0.5) is 0 Å². The van der Waals surface area contributed by atoms with Crippen LogP contribution in [0.15, 0.2) is 30.6 Å². The summed E-state index contributed by atoms with van der Waals surface area (Å²) in [6, 6.07) is 5.60. The molecule has 0 bridgehead atoms. The summed E-state index contributed by atoms with van der Waals surface area (Å²) in [5.74, 6) is -0.283. The van der Waals surface area contributed by atoms with Crippen LogP contribution >= 0.6 is 0 Å². The zero-order chi connectivity index (χ0) is 10.7. The van der Waals surface area contributed by atoms with Crippen molar-refractivity contribution in [3.05, 3.63) is 36.2 Å². The molecule has 0 N–H and O–H groups in total. The highest BCUT2D eigenvalue weighted by Crippen LogP contribution is 2.11. The molecule has 0 aliphatic heterocycles. The SMILES string of the molecule is CC(=O)OCc1ccc2nccnc2c1. The molecule has 0 saturated carbocycles. The summed E-state index contributed by atoms with van der Waals surface area (Å²) in [5, 5.41) is 0. The van der Waals surface area contributed by atoms with Crippen LogP contribution in [-0.4, -0.2) is 15.9 Å². The largest absolute Gasteiger partial charge is 0.461 e. The first-order valence-electron chi connectivity index (χ1n) is 4.59. The second-order valence-corrected chi connectivity index (χ2v) is 3.16. The van der Waals surface area contributed by atoms with Crippen molar-refractivity contribution in [1.29, 1.82) is 0 Å². The number of rotatable bonds is 2. The molecule has 0 amide bonds. The normalized spacial score (nSPS) is 10.2. The average molecular weight is 202 g/mol. The van der Waals surface area contributed by atoms with E-state index in [1.807, 2.05) is 18.2 Å². The van der Waals surface area contributed by atoms with Gasteiger partial charge in [0.05, 0.1) is 11.0 Å². The predicted molar refractivity (Wildman–Crippen MR) is 55.0 cm³/mol. The second-order valence-electron chi connectivity index (χ2n) is 3.16. The Labute approximate surface area is 86.9 Å². The summed E-state index contributed by atoms with van der Waals surface area (Å²) in [6.45, 7) is 1.67. The molecule has 0 saturated heterocycles. The zero-order valence-electron chi connectivity index (χ0n) is 8.30. The van der Waals surface area contributed by atoms with Crippen LogP contribution in [0.1, 0.15) is 12.5 Å². The Morgan fingerprint density at radius 1 is 1.27 bits per heavy atom. The van der Waals surface area contributed by atoms with E-state index in [0.717, 1.165) is 16.6 Å². The van der Waals surface area contributed by atoms with Crippen LogP contribution in [0.5, 0.6) is 0 Å². The van der Waals surface area contributed by atoms with Crippen LogP contribution in [-0.2, 0) is 16.1 Å². The highest BCUT2D eigenvalue weighted by atomic mass is 16.5. The molecule has 76 valence electrons. The lowest BCUT2D eigenvalue weighted by molar-refractivity contribution is -0.142. The molecule has 0 radical (unpaired) electrons. The van der Waals surface area contributed by atoms with Crippen LogP contribution in [0.25, 0.3) is 11.0 Å². The molecule has 0 fully saturated rings. The molecule has 0 aliphatic rings. The van der Waals surface area contributed by atoms with Gasteiger partial charge in [0, 0.05) is 19.3 Å². The first-order valence-corrected chi connectivity index (χ1v) is 4.59. The fourth-order valence-electron chi connectivity index (χ4n) is 1.28. The van der Waals surface area contributed by atoms with E-state index in [0.29, 0.717) is 0 Å². The molecule has 2 aromatic rings. The maximum Gasteiger partial charge on any atom is 0.302 e. The Bertz CT molecular complexity index is 497. The minimum Gasteiger partial charge on any atom is -0.461 e. The fourth-order valence-corrected chi connectivity index (χ4v) is 1.28. The van der Waals surface area contributed by atoms with Gasteiger partial charge in [-0.1, -0.05) is 6.07 Å². The highest BCUT2D eigenvalue weighted by Gasteiger charge is 1.99. The van der Waals surface area contributed by atoms with Gasteiger partial charge in [0.1, 0.15) is 6.61 Å². The molecular formula is C11H10N2O2. The number of hydrogen-bond acceptors (Lipinski definition) is 4. The highest BCUT2D eigenvalue weighted by molar-refractivity contribution is 5.74. The van der Waals surface area contributed by atoms with Crippen molar-refractivity contribution >= 4 is 17.0 Å². The first-order chi connectivity index (χ1) is 7.25. The van der Waals surface area contributed by atoms with Crippen molar-refractivity contribution in [1.82, 2.24) is 9.97 Å². The molecular weight excluding hydrogens is 192 g/mol. The van der Waals surface area contributed by atoms with Gasteiger partial charge in [-0.15, -0.1) is 0 Å². The van der Waals surface area contributed by atoms with Gasteiger partial charge in [0.15, 0.2) is 0 Å². The van der Waals surface area contributed by atoms with Crippen molar-refractivity contribution in [2.24, 2.45) is 0 Å². The Hall–Kier alpha value is -1.97. The Morgan fingerprint density at radius 2 is 2.00 bits per heavy atom. The summed E-state index contributed by atoms with van der Waals surface area (Å²) in [5.41, 5.74) is 2.56. The second kappa shape index (κ2) is 4.04. The molecule has 15 heavy (non-hydrogen) atoms. The van der Waals surface area contributed by atoms with Gasteiger partial charge in [0.2, 0.25) is 0 Å². The van der Waals surface area contributed by atoms with E-state index < -0.39 is 0 Å². The number of benzene rings is 1. The monoisotopic (exact) mass is 202 g/mol. The van der Waals surface area contributed by atoms with E-state index in [1.54, 1.807) is 12.4 Å². The number of nitrogens with zero attached hydrogens (tertiary/aromatic N) is 2. The van der Waals surface area contributed by atoms with Crippen molar-refractivity contribution in [2.75, 3.05) is 0 Å². The van der Waals surface area contributed by atoms with E-state index in [-0.39, 0.29) is 12.6 Å². The lowest BCUT2D eigenvalue weighted by Crippen LogP contribution is -1.98. The summed E-state index contributed by atoms with van der Waals surface area (Å²) in [7, 11) is 0. The van der Waals surface area contributed by atoms with Crippen molar-refractivity contribution in [2.45, 2.75) is 13.5 Å². The first kappa shape index (κ1) is 9.58. The lowest BCUT2D eigenvalue weighted by atomic mass is 10.2. The smallest absolute Gasteiger partial charge is 0.302 e. The molecule has 1 aromatic heterocycles. The third-order valence-electron chi connectivity index (χ3n) is 1.98. The van der Waals surface area contributed by atoms with Crippen LogP contribution in [0.2, 0.25) is 0 Å². The van der Waals surface area contributed by atoms with Crippen molar-refractivity contribution in [3.63, 3.8) is 0 Å². The maximum atomic E-state index is 10.6. The van der Waals surface area contributed by atoms with Crippen LogP contribution < -0.4 is 0 Å². The number of fused-ring (bicyclic) bond motifs is 1. The molecule has 0 aliphatic carbocycles. The van der Waals surface area contributed by atoms with Gasteiger partial charge in [0.25, 0.3) is 0 Å². The minimum atomic E-state index is -0.283. The zero-order valence-corrected chi connectivity index (χ0v) is 8.30. The third-order valence-corrected chi connectivity index (χ3v) is 1.98. The summed E-state index contributed by atoms with van der Waals surface area (Å²) in [6.07, 6.45) is 3.28. The summed E-state index contributed by atoms with van der Waals surface area (Å²) >= 11 is 0. The van der Waals surface area contributed by atoms with E-state index >= 15 is 0 Å². The van der Waals surface area contributed by atoms with Crippen LogP contribution in [0, 0.1) is 0 Å². The summed E-state index contributed by atoms with van der Waals surface area (Å²) in [4.78, 5) is 18.9. The molecule has 1 aromatic carbocycles. The lowest BCUT2D eigenvalue weighted by Gasteiger charge is -2.02. The van der Waals surface area contributed by atoms with Crippen molar-refractivity contribution in [3.8, 4) is 0 Å². The van der Waals surface area contributed by atoms with E-state index in [4.69, 9.17) is 4.74 Å². The fraction of sp³-hybridized carbons (Fsp3) is 0.182. The molecule has 4 heteroatoms. The number of carbonyl (C=O) groups excluding carboxylic acids is 1. The Balaban J connectivity index is 2.26. The molecule has 4 nitrogen and oxygen atoms in total. The van der Waals surface area contributed by atoms with Gasteiger partial charge in [-0.25, -0.2) is 0 Å². The quantitative estimate of drug-likeness (QED) is 0.695. The maximum absolute atomic E-state index is 10.6. The van der Waals surface area contributed by atoms with Crippen molar-refractivity contribution < 1.29 is 9.53 Å². The molecule has 0 unspecified atom stereocenters. The molecule has 0 spiro atoms. The molecule has 2 rings (SSSR count). The van der Waals surface area contributed by atoms with E-state index in [2.05, 4.69) is 9.97 Å². The van der Waals surface area contributed by atoms with Gasteiger partial charge in [-0.3, -0.25) is 14.8 Å². The number of aromatic nitrogens is 2. The number of carbonyl (C=O) groups is 1. The van der Waals surface area contributed by atoms with E-state index in [1.165, 1.54) is 6.92 Å². The molecule has 0 atom stereocenters. The Kier molecular flexibility index (Phi) is 2.58. The average Bonchev–Trinajstić information content (AvgIpc) is 2.26. The van der Waals surface area contributed by atoms with Gasteiger partial charge in [-0.2, -0.15) is 0 Å². The Morgan fingerprint density at radius 3 is 2.73 bits per heavy atom.